The highest BCUT2D eigenvalue weighted by Gasteiger charge is 2.06. The Morgan fingerprint density at radius 3 is 2.81 bits per heavy atom. The van der Waals surface area contributed by atoms with Crippen molar-refractivity contribution in [3.63, 3.8) is 0 Å². The Kier molecular flexibility index (Phi) is 3.25. The van der Waals surface area contributed by atoms with Gasteiger partial charge in [0.2, 0.25) is 0 Å². The Bertz CT molecular complexity index is 535. The minimum Gasteiger partial charge on any atom is -0.508 e. The highest BCUT2D eigenvalue weighted by atomic mass is 79.9. The van der Waals surface area contributed by atoms with Gasteiger partial charge in [-0.1, -0.05) is 28.1 Å². The van der Waals surface area contributed by atoms with Crippen LogP contribution in [0.2, 0.25) is 0 Å². The van der Waals surface area contributed by atoms with Crippen molar-refractivity contribution in [2.24, 2.45) is 0 Å². The van der Waals surface area contributed by atoms with E-state index in [2.05, 4.69) is 15.9 Å². The van der Waals surface area contributed by atoms with Crippen LogP contribution < -0.4 is 0 Å². The minimum absolute atomic E-state index is 0.261. The van der Waals surface area contributed by atoms with E-state index in [9.17, 15) is 9.90 Å². The largest absolute Gasteiger partial charge is 0.508 e. The topological polar surface area (TPSA) is 37.3 Å². The molecule has 0 saturated heterocycles. The number of phenols is 1. The number of carbonyl (C=O) groups excluding carboxylic acids is 1. The third kappa shape index (κ3) is 2.09. The summed E-state index contributed by atoms with van der Waals surface area (Å²) >= 11 is 3.41. The van der Waals surface area contributed by atoms with Crippen molar-refractivity contribution in [1.29, 1.82) is 0 Å². The van der Waals surface area contributed by atoms with Crippen molar-refractivity contribution < 1.29 is 9.90 Å². The first-order valence-corrected chi connectivity index (χ1v) is 5.85. The van der Waals surface area contributed by atoms with Gasteiger partial charge < -0.3 is 9.90 Å². The maximum Gasteiger partial charge on any atom is 0.120 e. The van der Waals surface area contributed by atoms with Gasteiger partial charge in [0.25, 0.3) is 0 Å². The fourth-order valence-corrected chi connectivity index (χ4v) is 2.20. The van der Waals surface area contributed by atoms with Crippen LogP contribution in [0.1, 0.15) is 12.0 Å². The maximum absolute atomic E-state index is 10.4. The zero-order valence-corrected chi connectivity index (χ0v) is 10.2. The number of hydrogen-bond donors (Lipinski definition) is 1. The Morgan fingerprint density at radius 2 is 2.06 bits per heavy atom. The van der Waals surface area contributed by atoms with Gasteiger partial charge in [-0.05, 0) is 35.4 Å². The fourth-order valence-electron chi connectivity index (χ4n) is 1.82. The predicted molar refractivity (Wildman–Crippen MR) is 67.7 cm³/mol. The summed E-state index contributed by atoms with van der Waals surface area (Å²) in [4.78, 5) is 10.4. The lowest BCUT2D eigenvalue weighted by Gasteiger charge is -2.08. The number of benzene rings is 2. The molecular formula is C13H11BrO2. The van der Waals surface area contributed by atoms with E-state index in [0.29, 0.717) is 12.8 Å². The number of carbonyl (C=O) groups is 1. The van der Waals surface area contributed by atoms with Crippen LogP contribution in [0, 0.1) is 0 Å². The Hall–Kier alpha value is -1.35. The molecule has 2 aromatic rings. The van der Waals surface area contributed by atoms with Crippen LogP contribution >= 0.6 is 15.9 Å². The van der Waals surface area contributed by atoms with Gasteiger partial charge in [0.1, 0.15) is 12.0 Å². The van der Waals surface area contributed by atoms with Gasteiger partial charge in [0.15, 0.2) is 0 Å². The van der Waals surface area contributed by atoms with E-state index in [0.717, 1.165) is 27.1 Å². The molecule has 0 aliphatic rings. The molecule has 0 spiro atoms. The number of rotatable bonds is 3. The first-order valence-electron chi connectivity index (χ1n) is 5.06. The van der Waals surface area contributed by atoms with E-state index in [1.165, 1.54) is 0 Å². The molecule has 0 atom stereocenters. The molecule has 2 nitrogen and oxygen atoms in total. The molecule has 0 heterocycles. The minimum atomic E-state index is 0.261. The zero-order valence-electron chi connectivity index (χ0n) is 8.61. The molecule has 0 radical (unpaired) electrons. The van der Waals surface area contributed by atoms with Crippen molar-refractivity contribution in [1.82, 2.24) is 0 Å². The number of aromatic hydroxyl groups is 1. The number of aryl methyl sites for hydroxylation is 1. The van der Waals surface area contributed by atoms with Crippen LogP contribution in [0.5, 0.6) is 5.75 Å². The lowest BCUT2D eigenvalue weighted by atomic mass is 10.00. The van der Waals surface area contributed by atoms with Crippen molar-refractivity contribution in [2.75, 3.05) is 0 Å². The summed E-state index contributed by atoms with van der Waals surface area (Å²) in [5.74, 6) is 0.261. The third-order valence-corrected chi connectivity index (χ3v) is 3.07. The molecule has 0 saturated carbocycles. The van der Waals surface area contributed by atoms with E-state index in [-0.39, 0.29) is 5.75 Å². The SMILES string of the molecule is O=CCCc1c(O)ccc2cc(Br)ccc12. The summed E-state index contributed by atoms with van der Waals surface area (Å²) < 4.78 is 1.01. The summed E-state index contributed by atoms with van der Waals surface area (Å²) in [5, 5.41) is 11.8. The summed E-state index contributed by atoms with van der Waals surface area (Å²) in [5.41, 5.74) is 0.845. The molecule has 3 heteroatoms. The van der Waals surface area contributed by atoms with Gasteiger partial charge in [-0.15, -0.1) is 0 Å². The molecule has 0 amide bonds. The van der Waals surface area contributed by atoms with E-state index < -0.39 is 0 Å². The first-order chi connectivity index (χ1) is 7.72. The lowest BCUT2D eigenvalue weighted by molar-refractivity contribution is -0.107. The quantitative estimate of drug-likeness (QED) is 0.874. The van der Waals surface area contributed by atoms with Gasteiger partial charge in [-0.25, -0.2) is 0 Å². The summed E-state index contributed by atoms with van der Waals surface area (Å²) in [6.07, 6.45) is 1.88. The first kappa shape index (κ1) is 11.1. The van der Waals surface area contributed by atoms with Gasteiger partial charge in [0, 0.05) is 16.5 Å². The molecule has 0 aliphatic heterocycles. The second kappa shape index (κ2) is 4.66. The maximum atomic E-state index is 10.4. The molecule has 1 N–H and O–H groups in total. The highest BCUT2D eigenvalue weighted by molar-refractivity contribution is 9.10. The molecule has 2 aromatic carbocycles. The number of phenolic OH excluding ortho intramolecular Hbond substituents is 1. The van der Waals surface area contributed by atoms with Crippen LogP contribution in [0.3, 0.4) is 0 Å². The van der Waals surface area contributed by atoms with E-state index in [1.807, 2.05) is 24.3 Å². The highest BCUT2D eigenvalue weighted by Crippen LogP contribution is 2.29. The number of aldehydes is 1. The van der Waals surface area contributed by atoms with Gasteiger partial charge in [-0.3, -0.25) is 0 Å². The Labute approximate surface area is 102 Å². The molecule has 2 rings (SSSR count). The second-order valence-electron chi connectivity index (χ2n) is 3.63. The van der Waals surface area contributed by atoms with Crippen LogP contribution in [0.25, 0.3) is 10.8 Å². The van der Waals surface area contributed by atoms with Crippen molar-refractivity contribution in [2.45, 2.75) is 12.8 Å². The Balaban J connectivity index is 2.59. The summed E-state index contributed by atoms with van der Waals surface area (Å²) in [6.45, 7) is 0. The molecule has 0 aliphatic carbocycles. The monoisotopic (exact) mass is 278 g/mol. The van der Waals surface area contributed by atoms with Gasteiger partial charge in [-0.2, -0.15) is 0 Å². The third-order valence-electron chi connectivity index (χ3n) is 2.58. The second-order valence-corrected chi connectivity index (χ2v) is 4.55. The predicted octanol–water partition coefficient (Wildman–Crippen LogP) is 3.44. The number of hydrogen-bond acceptors (Lipinski definition) is 2. The molecule has 0 fully saturated rings. The van der Waals surface area contributed by atoms with Gasteiger partial charge >= 0.3 is 0 Å². The average molecular weight is 279 g/mol. The zero-order chi connectivity index (χ0) is 11.5. The van der Waals surface area contributed by atoms with E-state index >= 15 is 0 Å². The van der Waals surface area contributed by atoms with Crippen LogP contribution in [-0.2, 0) is 11.2 Å². The standard InChI is InChI=1S/C13H11BrO2/c14-10-4-5-11-9(8-10)3-6-13(16)12(11)2-1-7-15/h3-8,16H,1-2H2. The van der Waals surface area contributed by atoms with Crippen LogP contribution in [0.15, 0.2) is 34.8 Å². The molecule has 0 aromatic heterocycles. The summed E-state index contributed by atoms with van der Waals surface area (Å²) in [7, 11) is 0. The lowest BCUT2D eigenvalue weighted by Crippen LogP contribution is -1.89. The smallest absolute Gasteiger partial charge is 0.120 e. The molecule has 16 heavy (non-hydrogen) atoms. The van der Waals surface area contributed by atoms with E-state index in [4.69, 9.17) is 0 Å². The van der Waals surface area contributed by atoms with Crippen molar-refractivity contribution >= 4 is 33.0 Å². The van der Waals surface area contributed by atoms with Crippen LogP contribution in [-0.4, -0.2) is 11.4 Å². The van der Waals surface area contributed by atoms with Crippen molar-refractivity contribution in [3.8, 4) is 5.75 Å². The molecule has 0 unspecified atom stereocenters. The van der Waals surface area contributed by atoms with Crippen LogP contribution in [0.4, 0.5) is 0 Å². The van der Waals surface area contributed by atoms with Gasteiger partial charge in [0.05, 0.1) is 0 Å². The molecular weight excluding hydrogens is 268 g/mol. The summed E-state index contributed by atoms with van der Waals surface area (Å²) in [6, 6.07) is 9.44. The number of fused-ring (bicyclic) bond motifs is 1. The Morgan fingerprint density at radius 1 is 1.25 bits per heavy atom. The van der Waals surface area contributed by atoms with E-state index in [1.54, 1.807) is 6.07 Å². The fraction of sp³-hybridized carbons (Fsp3) is 0.154. The normalized spacial score (nSPS) is 10.6. The number of halogens is 1. The van der Waals surface area contributed by atoms with Crippen molar-refractivity contribution in [3.05, 3.63) is 40.4 Å². The average Bonchev–Trinajstić information content (AvgIpc) is 2.28. The molecule has 0 bridgehead atoms. The molecule has 82 valence electrons.